The molecule has 0 aromatic heterocycles. The molecule has 16 heavy (non-hydrogen) atoms. The van der Waals surface area contributed by atoms with Gasteiger partial charge in [-0.1, -0.05) is 26.0 Å². The summed E-state index contributed by atoms with van der Waals surface area (Å²) in [6.07, 6.45) is 1.15. The first-order valence-corrected chi connectivity index (χ1v) is 6.14. The quantitative estimate of drug-likeness (QED) is 0.720. The molecule has 0 aliphatic rings. The van der Waals surface area contributed by atoms with Gasteiger partial charge in [0.2, 0.25) is 0 Å². The summed E-state index contributed by atoms with van der Waals surface area (Å²) in [4.78, 5) is 0. The van der Waals surface area contributed by atoms with Gasteiger partial charge in [0, 0.05) is 12.2 Å². The number of nitrogens with one attached hydrogen (secondary N) is 2. The number of anilines is 1. The number of hydrogen-bond acceptors (Lipinski definition) is 2. The average molecular weight is 220 g/mol. The van der Waals surface area contributed by atoms with Crippen molar-refractivity contribution < 1.29 is 0 Å². The zero-order valence-electron chi connectivity index (χ0n) is 10.9. The normalized spacial score (nSPS) is 10.8. The second kappa shape index (κ2) is 6.54. The van der Waals surface area contributed by atoms with E-state index in [-0.39, 0.29) is 0 Å². The minimum atomic E-state index is 0.596. The summed E-state index contributed by atoms with van der Waals surface area (Å²) in [5.74, 6) is 0.596. The number of hydrogen-bond donors (Lipinski definition) is 2. The van der Waals surface area contributed by atoms with Gasteiger partial charge in [0.15, 0.2) is 0 Å². The number of rotatable bonds is 6. The summed E-state index contributed by atoms with van der Waals surface area (Å²) in [5, 5.41) is 6.66. The van der Waals surface area contributed by atoms with Crippen molar-refractivity contribution in [2.45, 2.75) is 33.1 Å². The summed E-state index contributed by atoms with van der Waals surface area (Å²) in [6.45, 7) is 8.72. The van der Waals surface area contributed by atoms with Crippen LogP contribution in [0.4, 0.5) is 5.69 Å². The Labute approximate surface area is 99.5 Å². The molecule has 2 heteroatoms. The monoisotopic (exact) mass is 220 g/mol. The van der Waals surface area contributed by atoms with Crippen LogP contribution in [0.2, 0.25) is 0 Å². The first-order valence-electron chi connectivity index (χ1n) is 6.14. The van der Waals surface area contributed by atoms with Gasteiger partial charge in [0.1, 0.15) is 0 Å². The van der Waals surface area contributed by atoms with Crippen molar-refractivity contribution in [3.05, 3.63) is 29.3 Å². The van der Waals surface area contributed by atoms with Gasteiger partial charge < -0.3 is 10.6 Å². The highest BCUT2D eigenvalue weighted by Gasteiger charge is 2.02. The Morgan fingerprint density at radius 3 is 2.56 bits per heavy atom. The fourth-order valence-corrected chi connectivity index (χ4v) is 1.68. The highest BCUT2D eigenvalue weighted by Crippen LogP contribution is 2.22. The third kappa shape index (κ3) is 3.86. The van der Waals surface area contributed by atoms with Crippen LogP contribution in [0.25, 0.3) is 0 Å². The van der Waals surface area contributed by atoms with Crippen LogP contribution in [0.3, 0.4) is 0 Å². The van der Waals surface area contributed by atoms with Crippen LogP contribution in [-0.4, -0.2) is 20.1 Å². The fraction of sp³-hybridized carbons (Fsp3) is 0.571. The molecule has 0 atom stereocenters. The Kier molecular flexibility index (Phi) is 5.33. The lowest BCUT2D eigenvalue weighted by molar-refractivity contribution is 0.747. The van der Waals surface area contributed by atoms with Crippen molar-refractivity contribution in [1.82, 2.24) is 5.32 Å². The second-order valence-corrected chi connectivity index (χ2v) is 4.61. The van der Waals surface area contributed by atoms with Crippen LogP contribution in [0, 0.1) is 6.92 Å². The molecule has 1 aromatic carbocycles. The predicted molar refractivity (Wildman–Crippen MR) is 72.3 cm³/mol. The zero-order valence-corrected chi connectivity index (χ0v) is 10.9. The summed E-state index contributed by atoms with van der Waals surface area (Å²) in [5.41, 5.74) is 4.01. The topological polar surface area (TPSA) is 24.1 Å². The Morgan fingerprint density at radius 2 is 1.94 bits per heavy atom. The van der Waals surface area contributed by atoms with Crippen molar-refractivity contribution in [3.63, 3.8) is 0 Å². The molecule has 0 aliphatic heterocycles. The Balaban J connectivity index is 2.60. The molecule has 0 amide bonds. The minimum absolute atomic E-state index is 0.596. The molecule has 0 saturated carbocycles. The van der Waals surface area contributed by atoms with Gasteiger partial charge in [-0.3, -0.25) is 0 Å². The SMILES string of the molecule is CNCCCNc1cc(C(C)C)ccc1C. The van der Waals surface area contributed by atoms with Crippen LogP contribution in [-0.2, 0) is 0 Å². The van der Waals surface area contributed by atoms with Gasteiger partial charge in [-0.05, 0) is 50.0 Å². The molecule has 90 valence electrons. The minimum Gasteiger partial charge on any atom is -0.385 e. The van der Waals surface area contributed by atoms with Gasteiger partial charge in [-0.15, -0.1) is 0 Å². The molecule has 2 nitrogen and oxygen atoms in total. The van der Waals surface area contributed by atoms with E-state index in [9.17, 15) is 0 Å². The maximum Gasteiger partial charge on any atom is 0.0372 e. The van der Waals surface area contributed by atoms with E-state index in [0.717, 1.165) is 19.5 Å². The molecule has 0 spiro atoms. The lowest BCUT2D eigenvalue weighted by atomic mass is 10.0. The summed E-state index contributed by atoms with van der Waals surface area (Å²) in [6, 6.07) is 6.70. The average Bonchev–Trinajstić information content (AvgIpc) is 2.26. The molecule has 2 N–H and O–H groups in total. The fourth-order valence-electron chi connectivity index (χ4n) is 1.68. The highest BCUT2D eigenvalue weighted by molar-refractivity contribution is 5.53. The van der Waals surface area contributed by atoms with Crippen molar-refractivity contribution in [2.24, 2.45) is 0 Å². The van der Waals surface area contributed by atoms with Gasteiger partial charge in [-0.25, -0.2) is 0 Å². The van der Waals surface area contributed by atoms with Crippen LogP contribution < -0.4 is 10.6 Å². The molecule has 0 unspecified atom stereocenters. The van der Waals surface area contributed by atoms with E-state index in [1.165, 1.54) is 16.8 Å². The Morgan fingerprint density at radius 1 is 1.19 bits per heavy atom. The van der Waals surface area contributed by atoms with Crippen molar-refractivity contribution in [2.75, 3.05) is 25.5 Å². The lowest BCUT2D eigenvalue weighted by Crippen LogP contribution is -2.13. The third-order valence-electron chi connectivity index (χ3n) is 2.85. The summed E-state index contributed by atoms with van der Waals surface area (Å²) >= 11 is 0. The van der Waals surface area contributed by atoms with Crippen molar-refractivity contribution >= 4 is 5.69 Å². The predicted octanol–water partition coefficient (Wildman–Crippen LogP) is 3.14. The Bertz CT molecular complexity index is 319. The molecule has 0 saturated heterocycles. The van der Waals surface area contributed by atoms with Crippen LogP contribution in [0.1, 0.15) is 37.3 Å². The highest BCUT2D eigenvalue weighted by atomic mass is 14.9. The maximum atomic E-state index is 3.50. The number of benzene rings is 1. The van der Waals surface area contributed by atoms with E-state index in [1.54, 1.807) is 0 Å². The largest absolute Gasteiger partial charge is 0.385 e. The molecule has 1 aromatic rings. The third-order valence-corrected chi connectivity index (χ3v) is 2.85. The van der Waals surface area contributed by atoms with E-state index in [4.69, 9.17) is 0 Å². The molecular formula is C14H24N2. The van der Waals surface area contributed by atoms with Gasteiger partial charge >= 0.3 is 0 Å². The molecule has 0 radical (unpaired) electrons. The van der Waals surface area contributed by atoms with Crippen LogP contribution in [0.15, 0.2) is 18.2 Å². The van der Waals surface area contributed by atoms with E-state index in [2.05, 4.69) is 49.6 Å². The standard InChI is InChI=1S/C14H24N2/c1-11(2)13-7-6-12(3)14(10-13)16-9-5-8-15-4/h6-7,10-11,15-16H,5,8-9H2,1-4H3. The molecular weight excluding hydrogens is 196 g/mol. The molecule has 0 heterocycles. The molecule has 0 aliphatic carbocycles. The molecule has 1 rings (SSSR count). The maximum absolute atomic E-state index is 3.50. The van der Waals surface area contributed by atoms with Crippen LogP contribution >= 0.6 is 0 Å². The first-order chi connectivity index (χ1) is 7.65. The number of aryl methyl sites for hydroxylation is 1. The Hall–Kier alpha value is -1.02. The summed E-state index contributed by atoms with van der Waals surface area (Å²) < 4.78 is 0. The van der Waals surface area contributed by atoms with E-state index in [1.807, 2.05) is 7.05 Å². The zero-order chi connectivity index (χ0) is 12.0. The molecule has 0 bridgehead atoms. The smallest absolute Gasteiger partial charge is 0.0372 e. The lowest BCUT2D eigenvalue weighted by Gasteiger charge is -2.13. The van der Waals surface area contributed by atoms with Gasteiger partial charge in [0.05, 0.1) is 0 Å². The molecule has 0 fully saturated rings. The summed E-state index contributed by atoms with van der Waals surface area (Å²) in [7, 11) is 1.99. The van der Waals surface area contributed by atoms with E-state index < -0.39 is 0 Å². The van der Waals surface area contributed by atoms with Crippen LogP contribution in [0.5, 0.6) is 0 Å². The van der Waals surface area contributed by atoms with E-state index in [0.29, 0.717) is 5.92 Å². The second-order valence-electron chi connectivity index (χ2n) is 4.61. The first kappa shape index (κ1) is 13.0. The van der Waals surface area contributed by atoms with Crippen molar-refractivity contribution in [3.8, 4) is 0 Å². The van der Waals surface area contributed by atoms with E-state index >= 15 is 0 Å². The van der Waals surface area contributed by atoms with Gasteiger partial charge in [0.25, 0.3) is 0 Å². The van der Waals surface area contributed by atoms with Gasteiger partial charge in [-0.2, -0.15) is 0 Å². The van der Waals surface area contributed by atoms with Crippen molar-refractivity contribution in [1.29, 1.82) is 0 Å².